The molecule has 0 heterocycles. The van der Waals surface area contributed by atoms with Crippen LogP contribution in [0.2, 0.25) is 0 Å². The zero-order valence-electron chi connectivity index (χ0n) is 41.9. The van der Waals surface area contributed by atoms with Crippen molar-refractivity contribution in [1.29, 1.82) is 0 Å². The van der Waals surface area contributed by atoms with Crippen molar-refractivity contribution in [3.63, 3.8) is 0 Å². The molecule has 2 unspecified atom stereocenters. The Morgan fingerprint density at radius 1 is 0.435 bits per heavy atom. The van der Waals surface area contributed by atoms with Crippen LogP contribution in [0.5, 0.6) is 0 Å². The molecule has 0 rings (SSSR count). The largest absolute Gasteiger partial charge is 0.756 e. The first-order valence-electron chi connectivity index (χ1n) is 26.7. The number of ether oxygens (including phenoxy) is 2. The van der Waals surface area contributed by atoms with Crippen LogP contribution >= 0.6 is 7.82 Å². The molecule has 0 aliphatic rings. The van der Waals surface area contributed by atoms with E-state index in [0.29, 0.717) is 17.4 Å². The standard InChI is InChI=1S/C52H104NO8P/c1-6-8-10-12-14-16-18-19-20-21-22-23-24-25-26-27-28-29-30-31-32-33-35-37-39-41-43-45-52(55)61-50(49-60-62(56,57)59-47-46-53(3,4)5)48-58-51(54)44-42-40-38-36-34-17-15-13-11-9-7-2/h50H,6-49H2,1-5H3. The summed E-state index contributed by atoms with van der Waals surface area (Å²) in [4.78, 5) is 37.6. The Labute approximate surface area is 384 Å². The highest BCUT2D eigenvalue weighted by molar-refractivity contribution is 7.45. The summed E-state index contributed by atoms with van der Waals surface area (Å²) in [5, 5.41) is 0. The SMILES string of the molecule is CCCCCCCCCCCCCCCCCCCCCCCCCCCCCC(=O)OC(COC(=O)CCCCCCCCCCCCC)COP(=O)([O-])OCC[N+](C)(C)C. The molecule has 0 aliphatic carbocycles. The smallest absolute Gasteiger partial charge is 0.306 e. The van der Waals surface area contributed by atoms with Crippen LogP contribution in [-0.2, 0) is 32.7 Å². The molecule has 0 fully saturated rings. The molecule has 0 saturated heterocycles. The van der Waals surface area contributed by atoms with E-state index in [1.807, 2.05) is 21.1 Å². The molecule has 0 bridgehead atoms. The lowest BCUT2D eigenvalue weighted by Crippen LogP contribution is -2.37. The minimum Gasteiger partial charge on any atom is -0.756 e. The number of nitrogens with zero attached hydrogens (tertiary/aromatic N) is 1. The second-order valence-corrected chi connectivity index (χ2v) is 21.0. The zero-order chi connectivity index (χ0) is 45.7. The van der Waals surface area contributed by atoms with E-state index in [1.165, 1.54) is 205 Å². The van der Waals surface area contributed by atoms with E-state index >= 15 is 0 Å². The lowest BCUT2D eigenvalue weighted by molar-refractivity contribution is -0.870. The van der Waals surface area contributed by atoms with E-state index in [-0.39, 0.29) is 32.0 Å². The fourth-order valence-corrected chi connectivity index (χ4v) is 8.68. The molecule has 0 aliphatic heterocycles. The predicted octanol–water partition coefficient (Wildman–Crippen LogP) is 15.3. The Bertz CT molecular complexity index is 1020. The summed E-state index contributed by atoms with van der Waals surface area (Å²) in [6, 6.07) is 0. The first kappa shape index (κ1) is 61.0. The molecule has 0 saturated carbocycles. The summed E-state index contributed by atoms with van der Waals surface area (Å²) >= 11 is 0. The van der Waals surface area contributed by atoms with Crippen LogP contribution in [0.1, 0.15) is 271 Å². The topological polar surface area (TPSA) is 111 Å². The number of quaternary nitrogens is 1. The number of esters is 2. The van der Waals surface area contributed by atoms with Crippen LogP contribution in [0.4, 0.5) is 0 Å². The minimum atomic E-state index is -4.62. The van der Waals surface area contributed by atoms with Gasteiger partial charge in [0, 0.05) is 12.8 Å². The maximum absolute atomic E-state index is 12.7. The first-order valence-corrected chi connectivity index (χ1v) is 28.2. The van der Waals surface area contributed by atoms with Crippen LogP contribution in [0.3, 0.4) is 0 Å². The van der Waals surface area contributed by atoms with Gasteiger partial charge in [0.05, 0.1) is 27.7 Å². The molecule has 0 radical (unpaired) electrons. The van der Waals surface area contributed by atoms with E-state index in [4.69, 9.17) is 18.5 Å². The summed E-state index contributed by atoms with van der Waals surface area (Å²) in [7, 11) is 1.19. The van der Waals surface area contributed by atoms with Crippen molar-refractivity contribution < 1.29 is 42.1 Å². The number of hydrogen-bond acceptors (Lipinski definition) is 8. The molecule has 0 aromatic rings. The highest BCUT2D eigenvalue weighted by atomic mass is 31.2. The highest BCUT2D eigenvalue weighted by Gasteiger charge is 2.21. The average molecular weight is 902 g/mol. The van der Waals surface area contributed by atoms with Crippen LogP contribution in [0, 0.1) is 0 Å². The van der Waals surface area contributed by atoms with Gasteiger partial charge < -0.3 is 27.9 Å². The summed E-state index contributed by atoms with van der Waals surface area (Å²) in [6.07, 6.45) is 48.7. The molecular formula is C52H104NO8P. The maximum atomic E-state index is 12.7. The average Bonchev–Trinajstić information content (AvgIpc) is 3.23. The summed E-state index contributed by atoms with van der Waals surface area (Å²) in [5.74, 6) is -0.816. The van der Waals surface area contributed by atoms with Gasteiger partial charge in [0.15, 0.2) is 6.10 Å². The van der Waals surface area contributed by atoms with Crippen LogP contribution in [0.25, 0.3) is 0 Å². The molecule has 0 N–H and O–H groups in total. The Hall–Kier alpha value is -0.990. The van der Waals surface area contributed by atoms with Gasteiger partial charge in [0.1, 0.15) is 19.8 Å². The van der Waals surface area contributed by atoms with Crippen molar-refractivity contribution >= 4 is 19.8 Å². The highest BCUT2D eigenvalue weighted by Crippen LogP contribution is 2.38. The van der Waals surface area contributed by atoms with Crippen molar-refractivity contribution in [2.75, 3.05) is 47.5 Å². The minimum absolute atomic E-state index is 0.0255. The van der Waals surface area contributed by atoms with Gasteiger partial charge in [0.25, 0.3) is 7.82 Å². The maximum Gasteiger partial charge on any atom is 0.306 e. The first-order chi connectivity index (χ1) is 30.0. The molecule has 10 heteroatoms. The summed E-state index contributed by atoms with van der Waals surface area (Å²) in [5.41, 5.74) is 0. The third-order valence-corrected chi connectivity index (χ3v) is 13.1. The number of carbonyl (C=O) groups is 2. The van der Waals surface area contributed by atoms with Crippen LogP contribution in [0.15, 0.2) is 0 Å². The second-order valence-electron chi connectivity index (χ2n) is 19.6. The summed E-state index contributed by atoms with van der Waals surface area (Å²) in [6.45, 7) is 4.28. The van der Waals surface area contributed by atoms with Crippen LogP contribution in [-0.4, -0.2) is 70.0 Å². The number of phosphoric ester groups is 1. The number of rotatable bonds is 50. The van der Waals surface area contributed by atoms with E-state index < -0.39 is 26.5 Å². The van der Waals surface area contributed by atoms with Gasteiger partial charge in [-0.25, -0.2) is 0 Å². The fourth-order valence-electron chi connectivity index (χ4n) is 7.95. The molecule has 0 amide bonds. The number of unbranched alkanes of at least 4 members (excludes halogenated alkanes) is 36. The molecule has 0 aromatic heterocycles. The van der Waals surface area contributed by atoms with E-state index in [0.717, 1.165) is 32.1 Å². The normalized spacial score (nSPS) is 13.3. The number of likely N-dealkylation sites (N-methyl/N-ethyl adjacent to an activating group) is 1. The van der Waals surface area contributed by atoms with Gasteiger partial charge in [-0.3, -0.25) is 14.2 Å². The van der Waals surface area contributed by atoms with Gasteiger partial charge in [-0.05, 0) is 12.8 Å². The van der Waals surface area contributed by atoms with Crippen LogP contribution < -0.4 is 4.89 Å². The number of phosphoric acid groups is 1. The summed E-state index contributed by atoms with van der Waals surface area (Å²) < 4.78 is 34.0. The molecule has 2 atom stereocenters. The zero-order valence-corrected chi connectivity index (χ0v) is 42.7. The van der Waals surface area contributed by atoms with Crippen molar-refractivity contribution in [1.82, 2.24) is 0 Å². The van der Waals surface area contributed by atoms with E-state index in [2.05, 4.69) is 13.8 Å². The molecular weight excluding hydrogens is 798 g/mol. The molecule has 62 heavy (non-hydrogen) atoms. The van der Waals surface area contributed by atoms with Crippen molar-refractivity contribution in [2.24, 2.45) is 0 Å². The molecule has 9 nitrogen and oxygen atoms in total. The number of hydrogen-bond donors (Lipinski definition) is 0. The van der Waals surface area contributed by atoms with Crippen molar-refractivity contribution in [3.05, 3.63) is 0 Å². The predicted molar refractivity (Wildman–Crippen MR) is 259 cm³/mol. The Kier molecular flexibility index (Phi) is 44.5. The van der Waals surface area contributed by atoms with Gasteiger partial charge >= 0.3 is 11.9 Å². The Morgan fingerprint density at radius 2 is 0.726 bits per heavy atom. The lowest BCUT2D eigenvalue weighted by atomic mass is 10.0. The lowest BCUT2D eigenvalue weighted by Gasteiger charge is -2.28. The van der Waals surface area contributed by atoms with Gasteiger partial charge in [-0.15, -0.1) is 0 Å². The van der Waals surface area contributed by atoms with Crippen molar-refractivity contribution in [3.8, 4) is 0 Å². The Morgan fingerprint density at radius 3 is 1.03 bits per heavy atom. The van der Waals surface area contributed by atoms with Gasteiger partial charge in [0.2, 0.25) is 0 Å². The molecule has 370 valence electrons. The third kappa shape index (κ3) is 48.5. The fraction of sp³-hybridized carbons (Fsp3) is 0.962. The molecule has 0 spiro atoms. The monoisotopic (exact) mass is 902 g/mol. The quantitative estimate of drug-likeness (QED) is 0.0257. The third-order valence-electron chi connectivity index (χ3n) is 12.1. The van der Waals surface area contributed by atoms with E-state index in [9.17, 15) is 19.0 Å². The van der Waals surface area contributed by atoms with Crippen molar-refractivity contribution in [2.45, 2.75) is 277 Å². The number of carbonyl (C=O) groups excluding carboxylic acids is 2. The Balaban J connectivity index is 4.03. The van der Waals surface area contributed by atoms with E-state index in [1.54, 1.807) is 0 Å². The van der Waals surface area contributed by atoms with Gasteiger partial charge in [-0.2, -0.15) is 0 Å². The molecule has 0 aromatic carbocycles. The second kappa shape index (κ2) is 45.2. The van der Waals surface area contributed by atoms with Gasteiger partial charge in [-0.1, -0.05) is 245 Å².